The summed E-state index contributed by atoms with van der Waals surface area (Å²) in [5.74, 6) is -0.268. The monoisotopic (exact) mass is 381 g/mol. The van der Waals surface area contributed by atoms with E-state index in [0.29, 0.717) is 11.5 Å². The van der Waals surface area contributed by atoms with Crippen LogP contribution in [0.15, 0.2) is 42.5 Å². The van der Waals surface area contributed by atoms with Crippen LogP contribution in [0, 0.1) is 0 Å². The maximum absolute atomic E-state index is 12.0. The van der Waals surface area contributed by atoms with Crippen molar-refractivity contribution < 1.29 is 23.8 Å². The molecule has 0 spiro atoms. The molecule has 0 aliphatic carbocycles. The van der Waals surface area contributed by atoms with Crippen LogP contribution in [0.25, 0.3) is 0 Å². The second kappa shape index (κ2) is 7.63. The Morgan fingerprint density at radius 2 is 1.76 bits per heavy atom. The molecule has 130 valence electrons. The van der Waals surface area contributed by atoms with Gasteiger partial charge in [-0.25, -0.2) is 4.79 Å². The minimum absolute atomic E-state index is 0.00775. The maximum Gasteiger partial charge on any atom is 0.351 e. The van der Waals surface area contributed by atoms with E-state index in [4.69, 9.17) is 37.4 Å². The second-order valence-electron chi connectivity index (χ2n) is 5.12. The lowest BCUT2D eigenvalue weighted by Gasteiger charge is -2.24. The largest absolute Gasteiger partial charge is 0.485 e. The summed E-state index contributed by atoms with van der Waals surface area (Å²) in [7, 11) is 0. The van der Waals surface area contributed by atoms with Crippen molar-refractivity contribution in [3.63, 3.8) is 0 Å². The van der Waals surface area contributed by atoms with Gasteiger partial charge in [-0.1, -0.05) is 41.4 Å². The molecule has 0 unspecified atom stereocenters. The number of carbonyl (C=O) groups is 2. The molecule has 1 amide bonds. The van der Waals surface area contributed by atoms with Gasteiger partial charge in [-0.05, 0) is 24.3 Å². The fourth-order valence-corrected chi connectivity index (χ4v) is 2.65. The summed E-state index contributed by atoms with van der Waals surface area (Å²) >= 11 is 11.9. The number of hydrogen-bond acceptors (Lipinski definition) is 5. The second-order valence-corrected chi connectivity index (χ2v) is 5.93. The van der Waals surface area contributed by atoms with Gasteiger partial charge in [-0.15, -0.1) is 0 Å². The number of halogens is 2. The molecule has 1 aliphatic heterocycles. The Bertz CT molecular complexity index is 791. The molecule has 25 heavy (non-hydrogen) atoms. The van der Waals surface area contributed by atoms with Crippen molar-refractivity contribution in [1.29, 1.82) is 0 Å². The number of rotatable bonds is 4. The standard InChI is InChI=1S/C17H13Cl2NO5/c18-10-4-3-5-11(19)16(10)20-15(21)9-24-17(22)14-8-23-12-6-1-2-7-13(12)25-14/h1-7,14H,8-9H2,(H,20,21)/t14-/m1/s1. The van der Waals surface area contributed by atoms with Gasteiger partial charge in [0.1, 0.15) is 6.61 Å². The van der Waals surface area contributed by atoms with E-state index in [0.717, 1.165) is 0 Å². The summed E-state index contributed by atoms with van der Waals surface area (Å²) in [6.45, 7) is -0.490. The number of anilines is 1. The molecule has 1 N–H and O–H groups in total. The third kappa shape index (κ3) is 4.15. The van der Waals surface area contributed by atoms with Crippen LogP contribution >= 0.6 is 23.2 Å². The number of nitrogens with one attached hydrogen (secondary N) is 1. The summed E-state index contributed by atoms with van der Waals surface area (Å²) in [5, 5.41) is 3.07. The predicted molar refractivity (Wildman–Crippen MR) is 92.4 cm³/mol. The van der Waals surface area contributed by atoms with Crippen LogP contribution in [0.2, 0.25) is 10.0 Å². The van der Waals surface area contributed by atoms with Crippen LogP contribution in [-0.4, -0.2) is 31.2 Å². The van der Waals surface area contributed by atoms with Crippen LogP contribution in [0.3, 0.4) is 0 Å². The fraction of sp³-hybridized carbons (Fsp3) is 0.176. The molecule has 2 aromatic carbocycles. The molecular weight excluding hydrogens is 369 g/mol. The lowest BCUT2D eigenvalue weighted by Crippen LogP contribution is -2.39. The zero-order chi connectivity index (χ0) is 17.8. The zero-order valence-corrected chi connectivity index (χ0v) is 14.3. The van der Waals surface area contributed by atoms with E-state index in [1.54, 1.807) is 42.5 Å². The molecular formula is C17H13Cl2NO5. The Kier molecular flexibility index (Phi) is 5.31. The SMILES string of the molecule is O=C(COC(=O)[C@H]1COc2ccccc2O1)Nc1c(Cl)cccc1Cl. The third-order valence-electron chi connectivity index (χ3n) is 3.34. The van der Waals surface area contributed by atoms with Gasteiger partial charge in [-0.2, -0.15) is 0 Å². The number of carbonyl (C=O) groups excluding carboxylic acids is 2. The topological polar surface area (TPSA) is 73.9 Å². The normalized spacial score (nSPS) is 15.4. The Balaban J connectivity index is 1.53. The molecule has 6 nitrogen and oxygen atoms in total. The molecule has 1 atom stereocenters. The van der Waals surface area contributed by atoms with E-state index in [1.165, 1.54) is 0 Å². The van der Waals surface area contributed by atoms with Crippen LogP contribution in [0.5, 0.6) is 11.5 Å². The molecule has 3 rings (SSSR count). The summed E-state index contributed by atoms with van der Waals surface area (Å²) in [6, 6.07) is 11.8. The van der Waals surface area contributed by atoms with Gasteiger partial charge >= 0.3 is 5.97 Å². The van der Waals surface area contributed by atoms with Gasteiger partial charge in [-0.3, -0.25) is 4.79 Å². The lowest BCUT2D eigenvalue weighted by molar-refractivity contribution is -0.156. The Labute approximate surface area is 153 Å². The molecule has 8 heteroatoms. The number of fused-ring (bicyclic) bond motifs is 1. The Morgan fingerprint density at radius 1 is 1.08 bits per heavy atom. The van der Waals surface area contributed by atoms with Crippen molar-refractivity contribution in [2.24, 2.45) is 0 Å². The molecule has 2 aromatic rings. The van der Waals surface area contributed by atoms with Crippen LogP contribution in [0.4, 0.5) is 5.69 Å². The first-order valence-corrected chi connectivity index (χ1v) is 8.09. The van der Waals surface area contributed by atoms with Crippen LogP contribution in [-0.2, 0) is 14.3 Å². The highest BCUT2D eigenvalue weighted by molar-refractivity contribution is 6.39. The summed E-state index contributed by atoms with van der Waals surface area (Å²) < 4.78 is 15.9. The first-order valence-electron chi connectivity index (χ1n) is 7.33. The van der Waals surface area contributed by atoms with E-state index in [-0.39, 0.29) is 22.3 Å². The van der Waals surface area contributed by atoms with E-state index >= 15 is 0 Å². The van der Waals surface area contributed by atoms with Gasteiger partial charge in [0, 0.05) is 0 Å². The van der Waals surface area contributed by atoms with Gasteiger partial charge in [0.05, 0.1) is 15.7 Å². The number of esters is 1. The summed E-state index contributed by atoms with van der Waals surface area (Å²) in [4.78, 5) is 24.0. The van der Waals surface area contributed by atoms with E-state index in [9.17, 15) is 9.59 Å². The first-order chi connectivity index (χ1) is 12.0. The number of para-hydroxylation sites is 3. The molecule has 1 aliphatic rings. The number of amides is 1. The molecule has 1 heterocycles. The van der Waals surface area contributed by atoms with Crippen molar-refractivity contribution in [2.45, 2.75) is 6.10 Å². The zero-order valence-electron chi connectivity index (χ0n) is 12.8. The van der Waals surface area contributed by atoms with Crippen LogP contribution in [0.1, 0.15) is 0 Å². The molecule has 0 radical (unpaired) electrons. The van der Waals surface area contributed by atoms with Gasteiger partial charge < -0.3 is 19.5 Å². The van der Waals surface area contributed by atoms with Crippen LogP contribution < -0.4 is 14.8 Å². The number of benzene rings is 2. The first kappa shape index (κ1) is 17.4. The molecule has 0 aromatic heterocycles. The quantitative estimate of drug-likeness (QED) is 0.822. The fourth-order valence-electron chi connectivity index (χ4n) is 2.16. The van der Waals surface area contributed by atoms with E-state index in [1.807, 2.05) is 0 Å². The molecule has 0 bridgehead atoms. The van der Waals surface area contributed by atoms with Crippen molar-refractivity contribution in [3.8, 4) is 11.5 Å². The molecule has 0 saturated heterocycles. The number of ether oxygens (including phenoxy) is 3. The van der Waals surface area contributed by atoms with Crippen molar-refractivity contribution in [3.05, 3.63) is 52.5 Å². The van der Waals surface area contributed by atoms with Gasteiger partial charge in [0.25, 0.3) is 5.91 Å². The van der Waals surface area contributed by atoms with E-state index < -0.39 is 24.6 Å². The van der Waals surface area contributed by atoms with Crippen molar-refractivity contribution >= 4 is 40.8 Å². The Hall–Kier alpha value is -2.44. The van der Waals surface area contributed by atoms with E-state index in [2.05, 4.69) is 5.32 Å². The average Bonchev–Trinajstić information content (AvgIpc) is 2.62. The van der Waals surface area contributed by atoms with Crippen molar-refractivity contribution in [2.75, 3.05) is 18.5 Å². The molecule has 0 saturated carbocycles. The summed E-state index contributed by atoms with van der Waals surface area (Å²) in [5.41, 5.74) is 0.262. The Morgan fingerprint density at radius 3 is 2.48 bits per heavy atom. The third-order valence-corrected chi connectivity index (χ3v) is 3.97. The highest BCUT2D eigenvalue weighted by atomic mass is 35.5. The highest BCUT2D eigenvalue weighted by Gasteiger charge is 2.29. The maximum atomic E-state index is 12.0. The van der Waals surface area contributed by atoms with Gasteiger partial charge in [0.15, 0.2) is 18.1 Å². The number of hydrogen-bond donors (Lipinski definition) is 1. The van der Waals surface area contributed by atoms with Gasteiger partial charge in [0.2, 0.25) is 6.10 Å². The minimum Gasteiger partial charge on any atom is -0.485 e. The average molecular weight is 382 g/mol. The smallest absolute Gasteiger partial charge is 0.351 e. The van der Waals surface area contributed by atoms with Crippen molar-refractivity contribution in [1.82, 2.24) is 0 Å². The molecule has 0 fully saturated rings. The highest BCUT2D eigenvalue weighted by Crippen LogP contribution is 2.31. The predicted octanol–water partition coefficient (Wildman–Crippen LogP) is 3.32. The minimum atomic E-state index is -0.938. The lowest BCUT2D eigenvalue weighted by atomic mass is 10.2. The summed E-state index contributed by atoms with van der Waals surface area (Å²) in [6.07, 6.45) is -0.938.